The van der Waals surface area contributed by atoms with Gasteiger partial charge in [-0.3, -0.25) is 9.69 Å². The van der Waals surface area contributed by atoms with Crippen LogP contribution in [0.3, 0.4) is 0 Å². The van der Waals surface area contributed by atoms with E-state index in [-0.39, 0.29) is 30.3 Å². The van der Waals surface area contributed by atoms with Crippen LogP contribution in [0.4, 0.5) is 10.5 Å². The number of hydrogen-bond donors (Lipinski definition) is 3. The number of alkyl carbamates (subject to hydrolysis) is 1. The molecule has 0 heterocycles. The lowest BCUT2D eigenvalue weighted by atomic mass is 9.98. The zero-order valence-electron chi connectivity index (χ0n) is 23.5. The van der Waals surface area contributed by atoms with E-state index in [1.165, 1.54) is 6.07 Å². The molecular formula is C34H33N3O5. The lowest BCUT2D eigenvalue weighted by Crippen LogP contribution is -2.50. The molecule has 4 aromatic rings. The molecule has 2 amide bonds. The summed E-state index contributed by atoms with van der Waals surface area (Å²) < 4.78 is 5.71. The molecule has 4 aromatic carbocycles. The van der Waals surface area contributed by atoms with E-state index in [2.05, 4.69) is 22.8 Å². The van der Waals surface area contributed by atoms with E-state index < -0.39 is 24.0 Å². The maximum Gasteiger partial charge on any atom is 0.407 e. The number of amides is 2. The number of fused-ring (bicyclic) bond motifs is 3. The first-order chi connectivity index (χ1) is 20.3. The second kappa shape index (κ2) is 12.7. The fourth-order valence-corrected chi connectivity index (χ4v) is 5.41. The van der Waals surface area contributed by atoms with Crippen LogP contribution in [0.25, 0.3) is 11.1 Å². The van der Waals surface area contributed by atoms with Crippen LogP contribution < -0.4 is 10.6 Å². The lowest BCUT2D eigenvalue weighted by molar-refractivity contribution is -0.118. The fourth-order valence-electron chi connectivity index (χ4n) is 5.41. The maximum atomic E-state index is 13.5. The number of anilines is 1. The number of aryl methyl sites for hydroxylation is 1. The summed E-state index contributed by atoms with van der Waals surface area (Å²) in [6.45, 7) is 2.59. The highest BCUT2D eigenvalue weighted by Gasteiger charge is 2.30. The largest absolute Gasteiger partial charge is 0.478 e. The molecule has 1 atom stereocenters. The molecule has 214 valence electrons. The van der Waals surface area contributed by atoms with Crippen LogP contribution in [-0.4, -0.2) is 54.2 Å². The van der Waals surface area contributed by atoms with Crippen molar-refractivity contribution in [1.82, 2.24) is 10.2 Å². The van der Waals surface area contributed by atoms with Crippen LogP contribution >= 0.6 is 0 Å². The first-order valence-corrected chi connectivity index (χ1v) is 13.8. The topological polar surface area (TPSA) is 108 Å². The Morgan fingerprint density at radius 3 is 2.14 bits per heavy atom. The van der Waals surface area contributed by atoms with Crippen molar-refractivity contribution in [3.63, 3.8) is 0 Å². The highest BCUT2D eigenvalue weighted by atomic mass is 16.5. The predicted molar refractivity (Wildman–Crippen MR) is 162 cm³/mol. The number of nitrogens with one attached hydrogen (secondary N) is 2. The van der Waals surface area contributed by atoms with Gasteiger partial charge >= 0.3 is 12.1 Å². The Kier molecular flexibility index (Phi) is 8.64. The standard InChI is InChI=1S/C34H33N3O5/c1-22-16-17-30(28(18-22)33(39)40)35-32(38)31(20-37(2)19-23-10-4-3-5-11-23)36-34(41)42-21-29-26-14-8-6-12-24(26)25-13-7-9-15-27(25)29/h3-18,29,31H,19-21H2,1-2H3,(H,35,38)(H,36,41)(H,39,40). The van der Waals surface area contributed by atoms with Crippen LogP contribution in [0.5, 0.6) is 0 Å². The number of ether oxygens (including phenoxy) is 1. The third-order valence-electron chi connectivity index (χ3n) is 7.41. The summed E-state index contributed by atoms with van der Waals surface area (Å²) in [4.78, 5) is 40.3. The Bertz CT molecular complexity index is 1560. The van der Waals surface area contributed by atoms with Crippen molar-refractivity contribution in [2.45, 2.75) is 25.4 Å². The number of hydrogen-bond acceptors (Lipinski definition) is 5. The summed E-state index contributed by atoms with van der Waals surface area (Å²) in [6, 6.07) is 29.6. The SMILES string of the molecule is Cc1ccc(NC(=O)C(CN(C)Cc2ccccc2)NC(=O)OCC2c3ccccc3-c3ccccc32)c(C(=O)O)c1. The maximum absolute atomic E-state index is 13.5. The fraction of sp³-hybridized carbons (Fsp3) is 0.206. The minimum Gasteiger partial charge on any atom is -0.478 e. The average Bonchev–Trinajstić information content (AvgIpc) is 3.30. The second-order valence-corrected chi connectivity index (χ2v) is 10.5. The van der Waals surface area contributed by atoms with Crippen LogP contribution in [-0.2, 0) is 16.1 Å². The van der Waals surface area contributed by atoms with E-state index in [0.29, 0.717) is 6.54 Å². The Labute approximate surface area is 244 Å². The Hall–Kier alpha value is -4.95. The lowest BCUT2D eigenvalue weighted by Gasteiger charge is -2.25. The molecule has 1 aliphatic carbocycles. The predicted octanol–water partition coefficient (Wildman–Crippen LogP) is 5.67. The number of carbonyl (C=O) groups is 3. The van der Waals surface area contributed by atoms with Gasteiger partial charge in [-0.1, -0.05) is 90.5 Å². The van der Waals surface area contributed by atoms with Crippen molar-refractivity contribution in [2.75, 3.05) is 25.5 Å². The van der Waals surface area contributed by atoms with Crippen molar-refractivity contribution in [1.29, 1.82) is 0 Å². The monoisotopic (exact) mass is 563 g/mol. The van der Waals surface area contributed by atoms with E-state index in [1.54, 1.807) is 19.1 Å². The van der Waals surface area contributed by atoms with Gasteiger partial charge in [-0.25, -0.2) is 9.59 Å². The molecule has 1 aliphatic rings. The van der Waals surface area contributed by atoms with Crippen molar-refractivity contribution in [2.24, 2.45) is 0 Å². The molecular weight excluding hydrogens is 530 g/mol. The molecule has 0 bridgehead atoms. The molecule has 3 N–H and O–H groups in total. The van der Waals surface area contributed by atoms with Crippen molar-refractivity contribution >= 4 is 23.7 Å². The first-order valence-electron chi connectivity index (χ1n) is 13.8. The molecule has 0 saturated carbocycles. The number of rotatable bonds is 10. The summed E-state index contributed by atoms with van der Waals surface area (Å²) in [5, 5.41) is 15.1. The molecule has 8 heteroatoms. The number of nitrogens with zero attached hydrogens (tertiary/aromatic N) is 1. The Morgan fingerprint density at radius 2 is 1.50 bits per heavy atom. The second-order valence-electron chi connectivity index (χ2n) is 10.5. The Morgan fingerprint density at radius 1 is 0.881 bits per heavy atom. The van der Waals surface area contributed by atoms with Crippen molar-refractivity contribution in [3.8, 4) is 11.1 Å². The summed E-state index contributed by atoms with van der Waals surface area (Å²) in [7, 11) is 1.85. The van der Waals surface area contributed by atoms with E-state index in [4.69, 9.17) is 4.74 Å². The molecule has 5 rings (SSSR count). The van der Waals surface area contributed by atoms with Crippen LogP contribution in [0.2, 0.25) is 0 Å². The summed E-state index contributed by atoms with van der Waals surface area (Å²) >= 11 is 0. The number of carboxylic acid groups (broad SMARTS) is 1. The minimum atomic E-state index is -1.16. The molecule has 1 unspecified atom stereocenters. The van der Waals surface area contributed by atoms with Gasteiger partial charge < -0.3 is 20.5 Å². The molecule has 0 aliphatic heterocycles. The van der Waals surface area contributed by atoms with E-state index in [1.807, 2.05) is 78.7 Å². The van der Waals surface area contributed by atoms with Gasteiger partial charge in [0, 0.05) is 19.0 Å². The van der Waals surface area contributed by atoms with Gasteiger partial charge in [0.2, 0.25) is 5.91 Å². The molecule has 8 nitrogen and oxygen atoms in total. The van der Waals surface area contributed by atoms with Crippen LogP contribution in [0, 0.1) is 6.92 Å². The van der Waals surface area contributed by atoms with Gasteiger partial charge in [-0.2, -0.15) is 0 Å². The zero-order valence-corrected chi connectivity index (χ0v) is 23.5. The minimum absolute atomic E-state index is 0.0270. The quantitative estimate of drug-likeness (QED) is 0.229. The molecule has 0 radical (unpaired) electrons. The van der Waals surface area contributed by atoms with Gasteiger partial charge in [-0.05, 0) is 53.9 Å². The Balaban J connectivity index is 1.31. The number of likely N-dealkylation sites (N-methyl/N-ethyl adjacent to an activating group) is 1. The number of carboxylic acids is 1. The number of carbonyl (C=O) groups excluding carboxylic acids is 2. The van der Waals surface area contributed by atoms with Crippen molar-refractivity contribution in [3.05, 3.63) is 125 Å². The normalized spacial score (nSPS) is 12.7. The van der Waals surface area contributed by atoms with E-state index >= 15 is 0 Å². The molecule has 0 spiro atoms. The molecule has 0 aromatic heterocycles. The van der Waals surface area contributed by atoms with E-state index in [9.17, 15) is 19.5 Å². The zero-order chi connectivity index (χ0) is 29.6. The summed E-state index contributed by atoms with van der Waals surface area (Å²) in [5.41, 5.74) is 6.34. The van der Waals surface area contributed by atoms with Gasteiger partial charge in [0.25, 0.3) is 0 Å². The average molecular weight is 564 g/mol. The van der Waals surface area contributed by atoms with Crippen molar-refractivity contribution < 1.29 is 24.2 Å². The third-order valence-corrected chi connectivity index (χ3v) is 7.41. The third kappa shape index (κ3) is 6.50. The van der Waals surface area contributed by atoms with Gasteiger partial charge in [-0.15, -0.1) is 0 Å². The van der Waals surface area contributed by atoms with Gasteiger partial charge in [0.05, 0.1) is 11.3 Å². The van der Waals surface area contributed by atoms with E-state index in [0.717, 1.165) is 33.4 Å². The highest BCUT2D eigenvalue weighted by molar-refractivity contribution is 6.03. The van der Waals surface area contributed by atoms with Crippen LogP contribution in [0.15, 0.2) is 97.1 Å². The van der Waals surface area contributed by atoms with Gasteiger partial charge in [0.15, 0.2) is 0 Å². The molecule has 42 heavy (non-hydrogen) atoms. The molecule has 0 saturated heterocycles. The smallest absolute Gasteiger partial charge is 0.407 e. The number of aromatic carboxylic acids is 1. The summed E-state index contributed by atoms with van der Waals surface area (Å²) in [6.07, 6.45) is -0.729. The first kappa shape index (κ1) is 28.6. The van der Waals surface area contributed by atoms with Gasteiger partial charge in [0.1, 0.15) is 12.6 Å². The molecule has 0 fully saturated rings. The number of benzene rings is 4. The summed E-state index contributed by atoms with van der Waals surface area (Å²) in [5.74, 6) is -1.83. The van der Waals surface area contributed by atoms with Crippen LogP contribution in [0.1, 0.15) is 38.5 Å². The highest BCUT2D eigenvalue weighted by Crippen LogP contribution is 2.44.